The van der Waals surface area contributed by atoms with Crippen LogP contribution in [-0.2, 0) is 4.79 Å². The van der Waals surface area contributed by atoms with Gasteiger partial charge >= 0.3 is 5.97 Å². The number of carbonyl (C=O) groups is 2. The lowest BCUT2D eigenvalue weighted by atomic mass is 10.2. The first kappa shape index (κ1) is 11.6. The molecule has 0 spiro atoms. The number of hydrogen-bond donors (Lipinski definition) is 1. The first-order chi connectivity index (χ1) is 8.08. The molecular weight excluding hydrogens is 225 g/mol. The summed E-state index contributed by atoms with van der Waals surface area (Å²) in [7, 11) is 0. The Morgan fingerprint density at radius 2 is 1.88 bits per heavy atom. The van der Waals surface area contributed by atoms with Crippen molar-refractivity contribution in [2.75, 3.05) is 6.54 Å². The molecule has 1 aliphatic rings. The number of halogens is 1. The van der Waals surface area contributed by atoms with E-state index in [0.29, 0.717) is 5.56 Å². The Kier molecular flexibility index (Phi) is 3.08. The summed E-state index contributed by atoms with van der Waals surface area (Å²) in [4.78, 5) is 24.0. The number of aliphatic carboxylic acids is 1. The van der Waals surface area contributed by atoms with Crippen molar-refractivity contribution in [2.45, 2.75) is 18.9 Å². The van der Waals surface area contributed by atoms with Crippen molar-refractivity contribution in [1.29, 1.82) is 0 Å². The van der Waals surface area contributed by atoms with Crippen LogP contribution in [0.15, 0.2) is 24.3 Å². The molecule has 1 aromatic rings. The molecule has 0 aromatic heterocycles. The zero-order chi connectivity index (χ0) is 12.4. The minimum atomic E-state index is -1.03. The molecule has 0 unspecified atom stereocenters. The molecular formula is C12H12FNO3. The highest BCUT2D eigenvalue weighted by Crippen LogP contribution is 2.28. The number of carboxylic acid groups (broad SMARTS) is 1. The third-order valence-corrected chi connectivity index (χ3v) is 2.65. The van der Waals surface area contributed by atoms with Crippen molar-refractivity contribution in [3.05, 3.63) is 35.6 Å². The Balaban J connectivity index is 2.15. The minimum absolute atomic E-state index is 0.0173. The fourth-order valence-electron chi connectivity index (χ4n) is 1.66. The van der Waals surface area contributed by atoms with Crippen LogP contribution in [0.2, 0.25) is 0 Å². The Morgan fingerprint density at radius 1 is 1.29 bits per heavy atom. The average molecular weight is 237 g/mol. The maximum atomic E-state index is 12.7. The molecule has 5 heteroatoms. The number of carbonyl (C=O) groups excluding carboxylic acids is 1. The summed E-state index contributed by atoms with van der Waals surface area (Å²) in [5.41, 5.74) is 0.319. The first-order valence-electron chi connectivity index (χ1n) is 5.36. The second kappa shape index (κ2) is 4.53. The molecule has 0 heterocycles. The van der Waals surface area contributed by atoms with E-state index in [2.05, 4.69) is 0 Å². The Hall–Kier alpha value is -1.91. The van der Waals surface area contributed by atoms with Gasteiger partial charge in [-0.1, -0.05) is 0 Å². The van der Waals surface area contributed by atoms with Gasteiger partial charge < -0.3 is 10.0 Å². The number of rotatable bonds is 4. The summed E-state index contributed by atoms with van der Waals surface area (Å²) in [6.07, 6.45) is 1.67. The van der Waals surface area contributed by atoms with Gasteiger partial charge in [-0.25, -0.2) is 4.39 Å². The molecule has 1 aliphatic carbocycles. The van der Waals surface area contributed by atoms with E-state index < -0.39 is 11.8 Å². The molecule has 90 valence electrons. The van der Waals surface area contributed by atoms with Gasteiger partial charge in [-0.15, -0.1) is 0 Å². The van der Waals surface area contributed by atoms with E-state index in [1.54, 1.807) is 0 Å². The molecule has 0 saturated heterocycles. The maximum Gasteiger partial charge on any atom is 0.323 e. The predicted molar refractivity (Wildman–Crippen MR) is 58.1 cm³/mol. The Labute approximate surface area is 97.7 Å². The van der Waals surface area contributed by atoms with Gasteiger partial charge in [0, 0.05) is 11.6 Å². The van der Waals surface area contributed by atoms with Gasteiger partial charge in [0.1, 0.15) is 12.4 Å². The van der Waals surface area contributed by atoms with Crippen LogP contribution in [0.3, 0.4) is 0 Å². The van der Waals surface area contributed by atoms with Gasteiger partial charge in [0.15, 0.2) is 0 Å². The molecule has 1 N–H and O–H groups in total. The molecule has 0 atom stereocenters. The van der Waals surface area contributed by atoms with E-state index in [1.807, 2.05) is 0 Å². The molecule has 0 bridgehead atoms. The highest BCUT2D eigenvalue weighted by Gasteiger charge is 2.34. The normalized spacial score (nSPS) is 14.4. The number of amides is 1. The highest BCUT2D eigenvalue weighted by molar-refractivity contribution is 5.96. The molecule has 4 nitrogen and oxygen atoms in total. The largest absolute Gasteiger partial charge is 0.480 e. The van der Waals surface area contributed by atoms with Gasteiger partial charge in [0.25, 0.3) is 5.91 Å². The van der Waals surface area contributed by atoms with E-state index in [4.69, 9.17) is 5.11 Å². The number of carboxylic acids is 1. The summed E-state index contributed by atoms with van der Waals surface area (Å²) in [5.74, 6) is -1.81. The third kappa shape index (κ3) is 2.81. The maximum absolute atomic E-state index is 12.7. The van der Waals surface area contributed by atoms with Crippen molar-refractivity contribution < 1.29 is 19.1 Å². The summed E-state index contributed by atoms with van der Waals surface area (Å²) in [6, 6.07) is 5.14. The fraction of sp³-hybridized carbons (Fsp3) is 0.333. The fourth-order valence-corrected chi connectivity index (χ4v) is 1.66. The van der Waals surface area contributed by atoms with Crippen LogP contribution in [0.5, 0.6) is 0 Å². The lowest BCUT2D eigenvalue weighted by Crippen LogP contribution is -2.37. The number of benzene rings is 1. The van der Waals surface area contributed by atoms with Crippen LogP contribution >= 0.6 is 0 Å². The van der Waals surface area contributed by atoms with Crippen LogP contribution in [0.1, 0.15) is 23.2 Å². The van der Waals surface area contributed by atoms with Gasteiger partial charge in [-0.2, -0.15) is 0 Å². The third-order valence-electron chi connectivity index (χ3n) is 2.65. The summed E-state index contributed by atoms with van der Waals surface area (Å²) < 4.78 is 12.7. The van der Waals surface area contributed by atoms with Crippen LogP contribution in [-0.4, -0.2) is 34.5 Å². The van der Waals surface area contributed by atoms with Gasteiger partial charge in [-0.05, 0) is 37.1 Å². The quantitative estimate of drug-likeness (QED) is 0.863. The minimum Gasteiger partial charge on any atom is -0.480 e. The molecule has 1 aromatic carbocycles. The van der Waals surface area contributed by atoms with Crippen LogP contribution in [0.25, 0.3) is 0 Å². The predicted octanol–water partition coefficient (Wildman–Crippen LogP) is 1.51. The molecule has 0 aliphatic heterocycles. The van der Waals surface area contributed by atoms with Gasteiger partial charge in [-0.3, -0.25) is 9.59 Å². The lowest BCUT2D eigenvalue weighted by molar-refractivity contribution is -0.137. The number of hydrogen-bond acceptors (Lipinski definition) is 2. The highest BCUT2D eigenvalue weighted by atomic mass is 19.1. The van der Waals surface area contributed by atoms with Gasteiger partial charge in [0.05, 0.1) is 0 Å². The molecule has 2 rings (SSSR count). The monoisotopic (exact) mass is 237 g/mol. The molecule has 1 amide bonds. The second-order valence-corrected chi connectivity index (χ2v) is 4.06. The zero-order valence-electron chi connectivity index (χ0n) is 9.10. The van der Waals surface area contributed by atoms with Gasteiger partial charge in [0.2, 0.25) is 0 Å². The van der Waals surface area contributed by atoms with Crippen molar-refractivity contribution in [3.63, 3.8) is 0 Å². The van der Waals surface area contributed by atoms with E-state index in [-0.39, 0.29) is 18.5 Å². The van der Waals surface area contributed by atoms with E-state index in [1.165, 1.54) is 29.2 Å². The van der Waals surface area contributed by atoms with Crippen LogP contribution in [0, 0.1) is 5.82 Å². The molecule has 0 radical (unpaired) electrons. The summed E-state index contributed by atoms with van der Waals surface area (Å²) >= 11 is 0. The smallest absolute Gasteiger partial charge is 0.323 e. The summed E-state index contributed by atoms with van der Waals surface area (Å²) in [6.45, 7) is -0.305. The first-order valence-corrected chi connectivity index (χ1v) is 5.36. The standard InChI is InChI=1S/C12H12FNO3/c13-9-3-1-8(2-4-9)12(17)14(7-11(15)16)10-5-6-10/h1-4,10H,5-7H2,(H,15,16). The Morgan fingerprint density at radius 3 is 2.35 bits per heavy atom. The molecule has 17 heavy (non-hydrogen) atoms. The van der Waals surface area contributed by atoms with Crippen molar-refractivity contribution in [2.24, 2.45) is 0 Å². The SMILES string of the molecule is O=C(O)CN(C(=O)c1ccc(F)cc1)C1CC1. The number of nitrogens with zero attached hydrogens (tertiary/aromatic N) is 1. The average Bonchev–Trinajstić information content (AvgIpc) is 3.09. The lowest BCUT2D eigenvalue weighted by Gasteiger charge is -2.20. The van der Waals surface area contributed by atoms with Crippen LogP contribution < -0.4 is 0 Å². The van der Waals surface area contributed by atoms with Crippen LogP contribution in [0.4, 0.5) is 4.39 Å². The van der Waals surface area contributed by atoms with E-state index >= 15 is 0 Å². The molecule has 1 saturated carbocycles. The second-order valence-electron chi connectivity index (χ2n) is 4.06. The van der Waals surface area contributed by atoms with E-state index in [9.17, 15) is 14.0 Å². The van der Waals surface area contributed by atoms with E-state index in [0.717, 1.165) is 12.8 Å². The summed E-state index contributed by atoms with van der Waals surface area (Å²) in [5, 5.41) is 8.75. The van der Waals surface area contributed by atoms with Crippen molar-refractivity contribution in [1.82, 2.24) is 4.90 Å². The van der Waals surface area contributed by atoms with Crippen molar-refractivity contribution >= 4 is 11.9 Å². The molecule has 1 fully saturated rings. The van der Waals surface area contributed by atoms with Crippen molar-refractivity contribution in [3.8, 4) is 0 Å². The Bertz CT molecular complexity index is 440. The zero-order valence-corrected chi connectivity index (χ0v) is 9.10. The topological polar surface area (TPSA) is 57.6 Å².